The summed E-state index contributed by atoms with van der Waals surface area (Å²) >= 11 is 0. The van der Waals surface area contributed by atoms with E-state index in [-0.39, 0.29) is 5.25 Å². The average Bonchev–Trinajstić information content (AvgIpc) is 2.77. The van der Waals surface area contributed by atoms with Gasteiger partial charge in [-0.05, 0) is 19.9 Å². The second kappa shape index (κ2) is 5.79. The molecule has 6 nitrogen and oxygen atoms in total. The maximum absolute atomic E-state index is 11.9. The molecule has 102 valence electrons. The minimum Gasteiger partial charge on any atom is -0.339 e. The zero-order chi connectivity index (χ0) is 13.0. The number of aromatic nitrogens is 2. The number of hydrogen-bond acceptors (Lipinski definition) is 6. The first-order valence-electron chi connectivity index (χ1n) is 6.29. The Hall–Kier alpha value is -0.950. The van der Waals surface area contributed by atoms with Crippen LogP contribution in [-0.2, 0) is 22.7 Å². The minimum atomic E-state index is -2.96. The van der Waals surface area contributed by atoms with Crippen LogP contribution in [0.2, 0.25) is 0 Å². The molecule has 0 spiro atoms. The third-order valence-corrected chi connectivity index (χ3v) is 5.50. The Morgan fingerprint density at radius 1 is 1.44 bits per heavy atom. The molecule has 1 N–H and O–H groups in total. The van der Waals surface area contributed by atoms with Crippen molar-refractivity contribution in [2.45, 2.75) is 37.4 Å². The van der Waals surface area contributed by atoms with Gasteiger partial charge in [0.25, 0.3) is 0 Å². The number of likely N-dealkylation sites (N-methyl/N-ethyl adjacent to an activating group) is 1. The van der Waals surface area contributed by atoms with E-state index < -0.39 is 9.84 Å². The topological polar surface area (TPSA) is 85.1 Å². The minimum absolute atomic E-state index is 0.294. The number of nitrogens with zero attached hydrogens (tertiary/aromatic N) is 2. The maximum atomic E-state index is 11.9. The maximum Gasteiger partial charge on any atom is 0.227 e. The SMILES string of the molecule is CNCCc1nc(CC2CCCCS2(=O)=O)no1. The van der Waals surface area contributed by atoms with E-state index in [0.29, 0.717) is 36.7 Å². The lowest BCUT2D eigenvalue weighted by Crippen LogP contribution is -2.30. The first-order chi connectivity index (χ1) is 8.62. The second-order valence-corrected chi connectivity index (χ2v) is 7.05. The third kappa shape index (κ3) is 3.29. The van der Waals surface area contributed by atoms with E-state index in [1.807, 2.05) is 7.05 Å². The summed E-state index contributed by atoms with van der Waals surface area (Å²) in [5.41, 5.74) is 0. The standard InChI is InChI=1S/C11H19N3O3S/c1-12-6-5-11-13-10(14-17-11)8-9-4-2-3-7-18(9,15)16/h9,12H,2-8H2,1H3. The van der Waals surface area contributed by atoms with Crippen molar-refractivity contribution in [2.24, 2.45) is 0 Å². The molecular formula is C11H19N3O3S. The van der Waals surface area contributed by atoms with Gasteiger partial charge in [0.05, 0.1) is 11.0 Å². The summed E-state index contributed by atoms with van der Waals surface area (Å²) in [6.07, 6.45) is 3.50. The molecule has 0 aromatic carbocycles. The molecule has 0 bridgehead atoms. The van der Waals surface area contributed by atoms with Gasteiger partial charge in [-0.2, -0.15) is 4.98 Å². The van der Waals surface area contributed by atoms with Crippen LogP contribution in [0.1, 0.15) is 31.0 Å². The normalized spacial score (nSPS) is 23.1. The predicted molar refractivity (Wildman–Crippen MR) is 67.1 cm³/mol. The first kappa shape index (κ1) is 13.5. The molecule has 0 saturated carbocycles. The van der Waals surface area contributed by atoms with Gasteiger partial charge in [-0.3, -0.25) is 0 Å². The molecule has 1 fully saturated rings. The predicted octanol–water partition coefficient (Wildman–Crippen LogP) is 0.341. The van der Waals surface area contributed by atoms with Crippen LogP contribution < -0.4 is 5.32 Å². The van der Waals surface area contributed by atoms with Gasteiger partial charge < -0.3 is 9.84 Å². The van der Waals surface area contributed by atoms with Crippen LogP contribution in [0.3, 0.4) is 0 Å². The fourth-order valence-corrected chi connectivity index (χ4v) is 4.03. The summed E-state index contributed by atoms with van der Waals surface area (Å²) in [6.45, 7) is 0.767. The van der Waals surface area contributed by atoms with Crippen molar-refractivity contribution in [1.82, 2.24) is 15.5 Å². The third-order valence-electron chi connectivity index (χ3n) is 3.22. The van der Waals surface area contributed by atoms with Gasteiger partial charge in [-0.1, -0.05) is 11.6 Å². The van der Waals surface area contributed by atoms with Gasteiger partial charge in [0, 0.05) is 19.4 Å². The van der Waals surface area contributed by atoms with Crippen molar-refractivity contribution in [3.8, 4) is 0 Å². The molecule has 7 heteroatoms. The molecule has 1 saturated heterocycles. The Morgan fingerprint density at radius 2 is 2.28 bits per heavy atom. The molecule has 1 aromatic rings. The van der Waals surface area contributed by atoms with Crippen LogP contribution in [0.5, 0.6) is 0 Å². The second-order valence-electron chi connectivity index (χ2n) is 4.65. The summed E-state index contributed by atoms with van der Waals surface area (Å²) in [7, 11) is -1.11. The van der Waals surface area contributed by atoms with E-state index in [2.05, 4.69) is 15.5 Å². The van der Waals surface area contributed by atoms with Crippen LogP contribution >= 0.6 is 0 Å². The highest BCUT2D eigenvalue weighted by Crippen LogP contribution is 2.22. The summed E-state index contributed by atoms with van der Waals surface area (Å²) in [5.74, 6) is 1.37. The van der Waals surface area contributed by atoms with Gasteiger partial charge in [0.1, 0.15) is 0 Å². The highest BCUT2D eigenvalue weighted by Gasteiger charge is 2.30. The molecule has 18 heavy (non-hydrogen) atoms. The Bertz CT molecular complexity index is 483. The van der Waals surface area contributed by atoms with Crippen molar-refractivity contribution in [2.75, 3.05) is 19.3 Å². The summed E-state index contributed by atoms with van der Waals surface area (Å²) < 4.78 is 28.8. The molecule has 0 radical (unpaired) electrons. The number of sulfone groups is 1. The zero-order valence-corrected chi connectivity index (χ0v) is 11.4. The fourth-order valence-electron chi connectivity index (χ4n) is 2.16. The molecule has 1 unspecified atom stereocenters. The van der Waals surface area contributed by atoms with Crippen molar-refractivity contribution >= 4 is 9.84 Å². The summed E-state index contributed by atoms with van der Waals surface area (Å²) in [6, 6.07) is 0. The lowest BCUT2D eigenvalue weighted by Gasteiger charge is -2.20. The molecule has 2 rings (SSSR count). The molecule has 1 aliphatic rings. The lowest BCUT2D eigenvalue weighted by molar-refractivity contribution is 0.371. The van der Waals surface area contributed by atoms with Gasteiger partial charge >= 0.3 is 0 Å². The van der Waals surface area contributed by atoms with Crippen LogP contribution in [0.15, 0.2) is 4.52 Å². The zero-order valence-electron chi connectivity index (χ0n) is 10.6. The van der Waals surface area contributed by atoms with E-state index in [0.717, 1.165) is 19.4 Å². The van der Waals surface area contributed by atoms with Gasteiger partial charge in [0.2, 0.25) is 5.89 Å². The van der Waals surface area contributed by atoms with E-state index in [4.69, 9.17) is 4.52 Å². The average molecular weight is 273 g/mol. The Balaban J connectivity index is 1.98. The van der Waals surface area contributed by atoms with Crippen LogP contribution in [0.25, 0.3) is 0 Å². The smallest absolute Gasteiger partial charge is 0.227 e. The van der Waals surface area contributed by atoms with Crippen LogP contribution in [-0.4, -0.2) is 43.2 Å². The fraction of sp³-hybridized carbons (Fsp3) is 0.818. The van der Waals surface area contributed by atoms with Gasteiger partial charge in [0.15, 0.2) is 15.7 Å². The molecule has 1 aromatic heterocycles. The van der Waals surface area contributed by atoms with Crippen molar-refractivity contribution in [3.05, 3.63) is 11.7 Å². The van der Waals surface area contributed by atoms with Crippen LogP contribution in [0, 0.1) is 0 Å². The Labute approximate surface area is 107 Å². The molecule has 1 atom stereocenters. The van der Waals surface area contributed by atoms with E-state index in [1.165, 1.54) is 0 Å². The van der Waals surface area contributed by atoms with E-state index in [9.17, 15) is 8.42 Å². The molecular weight excluding hydrogens is 254 g/mol. The molecule has 2 heterocycles. The van der Waals surface area contributed by atoms with Crippen LogP contribution in [0.4, 0.5) is 0 Å². The number of nitrogens with one attached hydrogen (secondary N) is 1. The van der Waals surface area contributed by atoms with E-state index >= 15 is 0 Å². The van der Waals surface area contributed by atoms with Gasteiger partial charge in [-0.25, -0.2) is 8.42 Å². The Kier molecular flexibility index (Phi) is 4.34. The lowest BCUT2D eigenvalue weighted by atomic mass is 10.1. The van der Waals surface area contributed by atoms with Crippen molar-refractivity contribution in [3.63, 3.8) is 0 Å². The molecule has 0 aliphatic carbocycles. The number of hydrogen-bond donors (Lipinski definition) is 1. The number of rotatable bonds is 5. The largest absolute Gasteiger partial charge is 0.339 e. The highest BCUT2D eigenvalue weighted by molar-refractivity contribution is 7.92. The van der Waals surface area contributed by atoms with E-state index in [1.54, 1.807) is 0 Å². The van der Waals surface area contributed by atoms with Crippen molar-refractivity contribution in [1.29, 1.82) is 0 Å². The Morgan fingerprint density at radius 3 is 3.00 bits per heavy atom. The first-order valence-corrected chi connectivity index (χ1v) is 8.01. The molecule has 0 amide bonds. The quantitative estimate of drug-likeness (QED) is 0.832. The molecule has 1 aliphatic heterocycles. The summed E-state index contributed by atoms with van der Waals surface area (Å²) in [4.78, 5) is 4.23. The van der Waals surface area contributed by atoms with Crippen molar-refractivity contribution < 1.29 is 12.9 Å². The highest BCUT2D eigenvalue weighted by atomic mass is 32.2. The van der Waals surface area contributed by atoms with Gasteiger partial charge in [-0.15, -0.1) is 0 Å². The summed E-state index contributed by atoms with van der Waals surface area (Å²) in [5, 5.41) is 6.51. The monoisotopic (exact) mass is 273 g/mol.